The van der Waals surface area contributed by atoms with Crippen LogP contribution in [0.5, 0.6) is 0 Å². The lowest BCUT2D eigenvalue weighted by atomic mass is 10.0. The highest BCUT2D eigenvalue weighted by Crippen LogP contribution is 2.18. The van der Waals surface area contributed by atoms with Gasteiger partial charge in [0.05, 0.1) is 0 Å². The van der Waals surface area contributed by atoms with Gasteiger partial charge in [-0.25, -0.2) is 8.78 Å². The quantitative estimate of drug-likeness (QED) is 0.750. The maximum Gasteiger partial charge on any atom is 0.130 e. The van der Waals surface area contributed by atoms with E-state index in [4.69, 9.17) is 10.8 Å². The van der Waals surface area contributed by atoms with E-state index >= 15 is 0 Å². The normalized spacial score (nSPS) is 12.9. The van der Waals surface area contributed by atoms with Crippen LogP contribution in [0.2, 0.25) is 0 Å². The first kappa shape index (κ1) is 10.1. The summed E-state index contributed by atoms with van der Waals surface area (Å²) in [6, 6.07) is 2.65. The molecule has 72 valence electrons. The van der Waals surface area contributed by atoms with E-state index in [1.807, 2.05) is 0 Å². The first-order valence-electron chi connectivity index (χ1n) is 3.96. The zero-order chi connectivity index (χ0) is 9.84. The molecule has 3 N–H and O–H groups in total. The van der Waals surface area contributed by atoms with Gasteiger partial charge in [0.25, 0.3) is 0 Å². The topological polar surface area (TPSA) is 46.2 Å². The fraction of sp³-hybridized carbons (Fsp3) is 0.333. The summed E-state index contributed by atoms with van der Waals surface area (Å²) in [6.07, 6.45) is 0.266. The van der Waals surface area contributed by atoms with Crippen LogP contribution in [0.1, 0.15) is 18.0 Å². The summed E-state index contributed by atoms with van der Waals surface area (Å²) >= 11 is 0. The van der Waals surface area contributed by atoms with Gasteiger partial charge in [0, 0.05) is 24.3 Å². The molecule has 0 radical (unpaired) electrons. The Morgan fingerprint density at radius 2 is 2.08 bits per heavy atom. The monoisotopic (exact) mass is 187 g/mol. The molecule has 0 fully saturated rings. The Morgan fingerprint density at radius 1 is 1.38 bits per heavy atom. The molecular weight excluding hydrogens is 176 g/mol. The Hall–Kier alpha value is -1.00. The minimum absolute atomic E-state index is 0.113. The molecule has 0 saturated carbocycles. The number of benzene rings is 1. The minimum atomic E-state index is -0.666. The van der Waals surface area contributed by atoms with Gasteiger partial charge >= 0.3 is 0 Å². The minimum Gasteiger partial charge on any atom is -0.396 e. The Balaban J connectivity index is 2.88. The zero-order valence-corrected chi connectivity index (χ0v) is 7.00. The molecule has 0 bridgehead atoms. The number of nitrogens with two attached hydrogens (primary N) is 1. The van der Waals surface area contributed by atoms with Crippen molar-refractivity contribution < 1.29 is 13.9 Å². The van der Waals surface area contributed by atoms with Crippen LogP contribution >= 0.6 is 0 Å². The van der Waals surface area contributed by atoms with Crippen molar-refractivity contribution in [3.05, 3.63) is 35.4 Å². The lowest BCUT2D eigenvalue weighted by molar-refractivity contribution is 0.275. The van der Waals surface area contributed by atoms with Crippen LogP contribution in [0.25, 0.3) is 0 Å². The largest absolute Gasteiger partial charge is 0.396 e. The lowest BCUT2D eigenvalue weighted by Crippen LogP contribution is -2.13. The van der Waals surface area contributed by atoms with Gasteiger partial charge in [0.15, 0.2) is 0 Å². The van der Waals surface area contributed by atoms with Crippen molar-refractivity contribution in [2.75, 3.05) is 6.61 Å². The van der Waals surface area contributed by atoms with Gasteiger partial charge in [-0.15, -0.1) is 0 Å². The van der Waals surface area contributed by atoms with Crippen LogP contribution < -0.4 is 5.73 Å². The summed E-state index contributed by atoms with van der Waals surface area (Å²) in [5.41, 5.74) is 5.77. The molecule has 0 aliphatic rings. The van der Waals surface area contributed by atoms with Crippen LogP contribution in [0.3, 0.4) is 0 Å². The van der Waals surface area contributed by atoms with E-state index in [-0.39, 0.29) is 18.6 Å². The summed E-state index contributed by atoms with van der Waals surface area (Å²) in [6.45, 7) is -0.113. The van der Waals surface area contributed by atoms with E-state index < -0.39 is 17.7 Å². The van der Waals surface area contributed by atoms with Crippen molar-refractivity contribution in [3.8, 4) is 0 Å². The molecule has 0 saturated heterocycles. The number of hydrogen-bond acceptors (Lipinski definition) is 2. The molecule has 1 aromatic rings. The van der Waals surface area contributed by atoms with Gasteiger partial charge in [-0.3, -0.25) is 0 Å². The molecule has 1 rings (SSSR count). The third-order valence-electron chi connectivity index (χ3n) is 1.80. The molecule has 4 heteroatoms. The highest BCUT2D eigenvalue weighted by Gasteiger charge is 2.10. The summed E-state index contributed by atoms with van der Waals surface area (Å²) in [5.74, 6) is -1.29. The van der Waals surface area contributed by atoms with Gasteiger partial charge in [-0.05, 0) is 12.5 Å². The van der Waals surface area contributed by atoms with E-state index in [1.54, 1.807) is 0 Å². The summed E-state index contributed by atoms with van der Waals surface area (Å²) in [5, 5.41) is 8.57. The molecule has 1 aromatic carbocycles. The number of aliphatic hydroxyl groups is 1. The number of halogens is 2. The summed E-state index contributed by atoms with van der Waals surface area (Å²) in [7, 11) is 0. The molecule has 0 unspecified atom stereocenters. The van der Waals surface area contributed by atoms with Crippen LogP contribution in [0, 0.1) is 11.6 Å². The van der Waals surface area contributed by atoms with E-state index in [9.17, 15) is 8.78 Å². The molecule has 0 aliphatic heterocycles. The van der Waals surface area contributed by atoms with Gasteiger partial charge < -0.3 is 10.8 Å². The highest BCUT2D eigenvalue weighted by atomic mass is 19.1. The molecule has 13 heavy (non-hydrogen) atoms. The second-order valence-corrected chi connectivity index (χ2v) is 2.78. The second kappa shape index (κ2) is 4.30. The molecule has 0 amide bonds. The second-order valence-electron chi connectivity index (χ2n) is 2.78. The van der Waals surface area contributed by atoms with Crippen molar-refractivity contribution in [3.63, 3.8) is 0 Å². The first-order valence-corrected chi connectivity index (χ1v) is 3.96. The zero-order valence-electron chi connectivity index (χ0n) is 7.00. The Bertz CT molecular complexity index is 291. The van der Waals surface area contributed by atoms with Crippen molar-refractivity contribution in [2.45, 2.75) is 12.5 Å². The van der Waals surface area contributed by atoms with Crippen molar-refractivity contribution in [1.82, 2.24) is 0 Å². The lowest BCUT2D eigenvalue weighted by Gasteiger charge is -2.10. The smallest absolute Gasteiger partial charge is 0.130 e. The first-order chi connectivity index (χ1) is 6.15. The van der Waals surface area contributed by atoms with Crippen LogP contribution in [-0.4, -0.2) is 11.7 Å². The summed E-state index contributed by atoms with van der Waals surface area (Å²) < 4.78 is 25.5. The standard InChI is InChI=1S/C9H11F2NO/c10-6-1-2-7(8(11)5-6)9(12)3-4-13/h1-2,5,9,13H,3-4,12H2/t9-/m1/s1. The van der Waals surface area contributed by atoms with E-state index in [0.29, 0.717) is 0 Å². The van der Waals surface area contributed by atoms with Crippen LogP contribution in [-0.2, 0) is 0 Å². The molecular formula is C9H11F2NO. The average molecular weight is 187 g/mol. The number of rotatable bonds is 3. The Kier molecular flexibility index (Phi) is 3.33. The Labute approximate surface area is 75.0 Å². The highest BCUT2D eigenvalue weighted by molar-refractivity contribution is 5.21. The van der Waals surface area contributed by atoms with Gasteiger partial charge in [-0.1, -0.05) is 6.07 Å². The van der Waals surface area contributed by atoms with E-state index in [2.05, 4.69) is 0 Å². The fourth-order valence-corrected chi connectivity index (χ4v) is 1.10. The molecule has 0 aromatic heterocycles. The van der Waals surface area contributed by atoms with Crippen molar-refractivity contribution in [1.29, 1.82) is 0 Å². The molecule has 0 spiro atoms. The van der Waals surface area contributed by atoms with Crippen LogP contribution in [0.15, 0.2) is 18.2 Å². The molecule has 1 atom stereocenters. The molecule has 0 heterocycles. The fourth-order valence-electron chi connectivity index (χ4n) is 1.10. The maximum absolute atomic E-state index is 13.0. The predicted octanol–water partition coefficient (Wildman–Crippen LogP) is 1.35. The van der Waals surface area contributed by atoms with Crippen molar-refractivity contribution >= 4 is 0 Å². The van der Waals surface area contributed by atoms with E-state index in [0.717, 1.165) is 12.1 Å². The average Bonchev–Trinajstić information content (AvgIpc) is 2.04. The third kappa shape index (κ3) is 2.47. The van der Waals surface area contributed by atoms with Crippen molar-refractivity contribution in [2.24, 2.45) is 5.73 Å². The SMILES string of the molecule is N[C@H](CCO)c1ccc(F)cc1F. The Morgan fingerprint density at radius 3 is 2.62 bits per heavy atom. The molecule has 0 aliphatic carbocycles. The van der Waals surface area contributed by atoms with Crippen LogP contribution in [0.4, 0.5) is 8.78 Å². The van der Waals surface area contributed by atoms with Gasteiger partial charge in [0.2, 0.25) is 0 Å². The number of hydrogen-bond donors (Lipinski definition) is 2. The summed E-state index contributed by atoms with van der Waals surface area (Å²) in [4.78, 5) is 0. The number of aliphatic hydroxyl groups excluding tert-OH is 1. The molecule has 2 nitrogen and oxygen atoms in total. The third-order valence-corrected chi connectivity index (χ3v) is 1.80. The van der Waals surface area contributed by atoms with Gasteiger partial charge in [0.1, 0.15) is 11.6 Å². The van der Waals surface area contributed by atoms with Gasteiger partial charge in [-0.2, -0.15) is 0 Å². The predicted molar refractivity (Wildman–Crippen MR) is 45.0 cm³/mol. The maximum atomic E-state index is 13.0. The van der Waals surface area contributed by atoms with E-state index in [1.165, 1.54) is 6.07 Å².